The normalized spacial score (nSPS) is 10.0. The van der Waals surface area contributed by atoms with E-state index >= 15 is 0 Å². The number of hydrogen-bond acceptors (Lipinski definition) is 4. The Bertz CT molecular complexity index is 517. The number of carbonyl (C=O) groups is 2. The first kappa shape index (κ1) is 18.8. The van der Waals surface area contributed by atoms with Crippen molar-refractivity contribution in [1.29, 1.82) is 0 Å². The van der Waals surface area contributed by atoms with Crippen LogP contribution in [-0.4, -0.2) is 39.1 Å². The summed E-state index contributed by atoms with van der Waals surface area (Å²) in [7, 11) is 3.16. The molecule has 1 rings (SSSR count). The smallest absolute Gasteiger partial charge is 0.309 e. The van der Waals surface area contributed by atoms with Crippen molar-refractivity contribution in [3.8, 4) is 11.5 Å². The summed E-state index contributed by atoms with van der Waals surface area (Å²) in [6.07, 6.45) is 3.62. The minimum absolute atomic E-state index is 0.386. The fourth-order valence-corrected chi connectivity index (χ4v) is 2.09. The number of unbranched alkanes of at least 4 members (excludes halogenated alkanes) is 2. The van der Waals surface area contributed by atoms with E-state index in [-0.39, 0.29) is 0 Å². The highest BCUT2D eigenvalue weighted by Crippen LogP contribution is 2.27. The van der Waals surface area contributed by atoms with Gasteiger partial charge in [0.25, 0.3) is 0 Å². The molecule has 0 aromatic heterocycles. The molecule has 0 atom stereocenters. The Labute approximate surface area is 137 Å². The third-order valence-electron chi connectivity index (χ3n) is 3.42. The van der Waals surface area contributed by atoms with E-state index in [0.717, 1.165) is 24.8 Å². The Morgan fingerprint density at radius 1 is 0.957 bits per heavy atom. The maximum Gasteiger partial charge on any atom is 0.309 e. The third kappa shape index (κ3) is 6.59. The molecule has 0 heterocycles. The number of benzene rings is 1. The summed E-state index contributed by atoms with van der Waals surface area (Å²) in [4.78, 5) is 23.2. The lowest BCUT2D eigenvalue weighted by Gasteiger charge is -2.10. The summed E-state index contributed by atoms with van der Waals surface area (Å²) in [6.45, 7) is 3.01. The van der Waals surface area contributed by atoms with Crippen molar-refractivity contribution in [2.24, 2.45) is 0 Å². The fourth-order valence-electron chi connectivity index (χ4n) is 2.09. The summed E-state index contributed by atoms with van der Waals surface area (Å²) in [5, 5.41) is 5.23. The Morgan fingerprint density at radius 2 is 1.61 bits per heavy atom. The molecule has 0 unspecified atom stereocenters. The highest BCUT2D eigenvalue weighted by atomic mass is 16.5. The van der Waals surface area contributed by atoms with Crippen molar-refractivity contribution in [2.75, 3.05) is 27.3 Å². The number of hydrogen-bond donors (Lipinski definition) is 2. The van der Waals surface area contributed by atoms with E-state index in [1.165, 1.54) is 0 Å². The van der Waals surface area contributed by atoms with Crippen molar-refractivity contribution in [3.05, 3.63) is 23.8 Å². The molecule has 0 saturated heterocycles. The van der Waals surface area contributed by atoms with Crippen LogP contribution >= 0.6 is 0 Å². The monoisotopic (exact) mass is 322 g/mol. The second-order valence-electron chi connectivity index (χ2n) is 5.16. The molecule has 2 N–H and O–H groups in total. The van der Waals surface area contributed by atoms with E-state index in [4.69, 9.17) is 9.47 Å². The van der Waals surface area contributed by atoms with Crippen molar-refractivity contribution < 1.29 is 19.1 Å². The van der Waals surface area contributed by atoms with Crippen LogP contribution in [0.2, 0.25) is 0 Å². The maximum absolute atomic E-state index is 11.7. The van der Waals surface area contributed by atoms with Gasteiger partial charge in [-0.05, 0) is 30.5 Å². The molecule has 23 heavy (non-hydrogen) atoms. The van der Waals surface area contributed by atoms with Crippen LogP contribution in [0.3, 0.4) is 0 Å². The first-order chi connectivity index (χ1) is 11.1. The van der Waals surface area contributed by atoms with Crippen LogP contribution < -0.4 is 20.1 Å². The number of methoxy groups -OCH3 is 2. The van der Waals surface area contributed by atoms with E-state index in [0.29, 0.717) is 31.0 Å². The molecule has 1 aromatic carbocycles. The van der Waals surface area contributed by atoms with Crippen molar-refractivity contribution in [1.82, 2.24) is 10.6 Å². The lowest BCUT2D eigenvalue weighted by atomic mass is 10.1. The molecule has 6 heteroatoms. The van der Waals surface area contributed by atoms with Crippen LogP contribution in [0.15, 0.2) is 18.2 Å². The molecule has 0 aliphatic heterocycles. The number of amides is 2. The molecule has 1 aromatic rings. The fraction of sp³-hybridized carbons (Fsp3) is 0.529. The van der Waals surface area contributed by atoms with Gasteiger partial charge in [0, 0.05) is 13.1 Å². The zero-order valence-corrected chi connectivity index (χ0v) is 14.1. The van der Waals surface area contributed by atoms with Gasteiger partial charge in [0.15, 0.2) is 11.5 Å². The predicted molar refractivity (Wildman–Crippen MR) is 88.8 cm³/mol. The SMILES string of the molecule is CCCCCNC(=O)C(=O)NCCc1ccc(OC)c(OC)c1. The highest BCUT2D eigenvalue weighted by molar-refractivity contribution is 6.35. The van der Waals surface area contributed by atoms with Crippen molar-refractivity contribution in [2.45, 2.75) is 32.6 Å². The number of nitrogens with one attached hydrogen (secondary N) is 2. The Kier molecular flexibility index (Phi) is 8.57. The molecule has 6 nitrogen and oxygen atoms in total. The summed E-state index contributed by atoms with van der Waals surface area (Å²) in [6, 6.07) is 5.57. The zero-order valence-electron chi connectivity index (χ0n) is 14.1. The summed E-state index contributed by atoms with van der Waals surface area (Å²) >= 11 is 0. The minimum Gasteiger partial charge on any atom is -0.493 e. The third-order valence-corrected chi connectivity index (χ3v) is 3.42. The van der Waals surface area contributed by atoms with Gasteiger partial charge in [0.2, 0.25) is 0 Å². The second-order valence-corrected chi connectivity index (χ2v) is 5.16. The van der Waals surface area contributed by atoms with Crippen molar-refractivity contribution >= 4 is 11.8 Å². The first-order valence-electron chi connectivity index (χ1n) is 7.89. The van der Waals surface area contributed by atoms with E-state index in [2.05, 4.69) is 17.6 Å². The summed E-state index contributed by atoms with van der Waals surface area (Å²) in [5.74, 6) is 0.132. The lowest BCUT2D eigenvalue weighted by Crippen LogP contribution is -2.40. The minimum atomic E-state index is -0.595. The predicted octanol–water partition coefficient (Wildman–Crippen LogP) is 1.67. The first-order valence-corrected chi connectivity index (χ1v) is 7.89. The lowest BCUT2D eigenvalue weighted by molar-refractivity contribution is -0.139. The standard InChI is InChI=1S/C17H26N2O4/c1-4-5-6-10-18-16(20)17(21)19-11-9-13-7-8-14(22-2)15(12-13)23-3/h7-8,12H,4-6,9-11H2,1-3H3,(H,18,20)(H,19,21). The van der Waals surface area contributed by atoms with Gasteiger partial charge in [0.1, 0.15) is 0 Å². The Balaban J connectivity index is 2.35. The summed E-state index contributed by atoms with van der Waals surface area (Å²) < 4.78 is 10.4. The molecule has 0 spiro atoms. The molecule has 128 valence electrons. The number of rotatable bonds is 9. The Hall–Kier alpha value is -2.24. The summed E-state index contributed by atoms with van der Waals surface area (Å²) in [5.41, 5.74) is 0.992. The van der Waals surface area contributed by atoms with Gasteiger partial charge in [-0.1, -0.05) is 25.8 Å². The van der Waals surface area contributed by atoms with Crippen LogP contribution in [0.4, 0.5) is 0 Å². The van der Waals surface area contributed by atoms with Gasteiger partial charge in [-0.25, -0.2) is 0 Å². The topological polar surface area (TPSA) is 76.7 Å². The molecule has 0 fully saturated rings. The van der Waals surface area contributed by atoms with Gasteiger partial charge in [-0.2, -0.15) is 0 Å². The van der Waals surface area contributed by atoms with E-state index in [9.17, 15) is 9.59 Å². The van der Waals surface area contributed by atoms with Gasteiger partial charge >= 0.3 is 11.8 Å². The van der Waals surface area contributed by atoms with Crippen LogP contribution in [0.25, 0.3) is 0 Å². The molecule has 2 amide bonds. The second kappa shape index (κ2) is 10.5. The molecule has 0 radical (unpaired) electrons. The zero-order chi connectivity index (χ0) is 17.1. The number of ether oxygens (including phenoxy) is 2. The molecule has 0 aliphatic rings. The van der Waals surface area contributed by atoms with E-state index < -0.39 is 11.8 Å². The van der Waals surface area contributed by atoms with Gasteiger partial charge in [-0.15, -0.1) is 0 Å². The quantitative estimate of drug-likeness (QED) is 0.535. The average molecular weight is 322 g/mol. The van der Waals surface area contributed by atoms with Crippen LogP contribution in [0.1, 0.15) is 31.7 Å². The van der Waals surface area contributed by atoms with Crippen LogP contribution in [0, 0.1) is 0 Å². The molecular formula is C17H26N2O4. The molecule has 0 aliphatic carbocycles. The van der Waals surface area contributed by atoms with E-state index in [1.54, 1.807) is 14.2 Å². The average Bonchev–Trinajstić information content (AvgIpc) is 2.58. The van der Waals surface area contributed by atoms with Crippen LogP contribution in [0.5, 0.6) is 11.5 Å². The van der Waals surface area contributed by atoms with Gasteiger partial charge < -0.3 is 20.1 Å². The Morgan fingerprint density at radius 3 is 2.22 bits per heavy atom. The van der Waals surface area contributed by atoms with Gasteiger partial charge in [0.05, 0.1) is 14.2 Å². The molecule has 0 bridgehead atoms. The molecular weight excluding hydrogens is 296 g/mol. The van der Waals surface area contributed by atoms with Crippen LogP contribution in [-0.2, 0) is 16.0 Å². The molecule has 0 saturated carbocycles. The maximum atomic E-state index is 11.7. The largest absolute Gasteiger partial charge is 0.493 e. The van der Waals surface area contributed by atoms with Gasteiger partial charge in [-0.3, -0.25) is 9.59 Å². The van der Waals surface area contributed by atoms with Crippen molar-refractivity contribution in [3.63, 3.8) is 0 Å². The number of carbonyl (C=O) groups excluding carboxylic acids is 2. The van der Waals surface area contributed by atoms with E-state index in [1.807, 2.05) is 18.2 Å². The highest BCUT2D eigenvalue weighted by Gasteiger charge is 2.12.